The summed E-state index contributed by atoms with van der Waals surface area (Å²) in [5, 5.41) is 9.49. The van der Waals surface area contributed by atoms with Gasteiger partial charge in [-0.15, -0.1) is 11.6 Å². The van der Waals surface area contributed by atoms with Crippen LogP contribution in [0.2, 0.25) is 0 Å². The van der Waals surface area contributed by atoms with Crippen molar-refractivity contribution in [2.75, 3.05) is 0 Å². The van der Waals surface area contributed by atoms with Crippen molar-refractivity contribution in [2.45, 2.75) is 12.3 Å². The number of nitrogens with zero attached hydrogens (tertiary/aromatic N) is 1. The van der Waals surface area contributed by atoms with Crippen LogP contribution < -0.4 is 0 Å². The molecule has 5 nitrogen and oxygen atoms in total. The maximum atomic E-state index is 11.1. The van der Waals surface area contributed by atoms with Gasteiger partial charge in [0.05, 0.1) is 4.92 Å². The van der Waals surface area contributed by atoms with Crippen LogP contribution in [0.15, 0.2) is 18.2 Å². The minimum Gasteiger partial charge on any atom is -0.298 e. The smallest absolute Gasteiger partial charge is 0.269 e. The zero-order valence-corrected chi connectivity index (χ0v) is 9.10. The van der Waals surface area contributed by atoms with Crippen LogP contribution in [-0.2, 0) is 4.79 Å². The van der Waals surface area contributed by atoms with Gasteiger partial charge in [-0.2, -0.15) is 0 Å². The number of alkyl halides is 1. The van der Waals surface area contributed by atoms with E-state index in [9.17, 15) is 19.7 Å². The number of carbonyl (C=O) groups is 2. The van der Waals surface area contributed by atoms with Crippen LogP contribution >= 0.6 is 11.6 Å². The van der Waals surface area contributed by atoms with E-state index in [1.165, 1.54) is 19.1 Å². The number of hydrogen-bond acceptors (Lipinski definition) is 4. The SMILES string of the molecule is CC(=O)C(Cl)c1cc([N+](=O)[O-])ccc1C=O. The zero-order chi connectivity index (χ0) is 12.3. The second-order valence-corrected chi connectivity index (χ2v) is 3.60. The number of benzene rings is 1. The van der Waals surface area contributed by atoms with Crippen molar-refractivity contribution in [3.05, 3.63) is 39.4 Å². The summed E-state index contributed by atoms with van der Waals surface area (Å²) in [5.41, 5.74) is 0.145. The summed E-state index contributed by atoms with van der Waals surface area (Å²) in [6.07, 6.45) is 0.511. The number of aldehydes is 1. The molecule has 0 fully saturated rings. The molecule has 0 spiro atoms. The van der Waals surface area contributed by atoms with E-state index in [1.54, 1.807) is 0 Å². The Hall–Kier alpha value is -1.75. The zero-order valence-electron chi connectivity index (χ0n) is 8.34. The van der Waals surface area contributed by atoms with Crippen molar-refractivity contribution in [2.24, 2.45) is 0 Å². The van der Waals surface area contributed by atoms with Gasteiger partial charge in [0.1, 0.15) is 11.7 Å². The maximum absolute atomic E-state index is 11.1. The van der Waals surface area contributed by atoms with Gasteiger partial charge in [0.25, 0.3) is 5.69 Å². The molecule has 0 aliphatic carbocycles. The van der Waals surface area contributed by atoms with Crippen molar-refractivity contribution >= 4 is 29.4 Å². The Bertz CT molecular complexity index is 458. The number of non-ortho nitro benzene ring substituents is 1. The number of Topliss-reactive ketones (excluding diaryl/α,β-unsaturated/α-hetero) is 1. The average Bonchev–Trinajstić information content (AvgIpc) is 2.26. The minimum absolute atomic E-state index is 0.165. The molecule has 0 saturated carbocycles. The Kier molecular flexibility index (Phi) is 3.73. The van der Waals surface area contributed by atoms with E-state index >= 15 is 0 Å². The molecule has 0 aliphatic rings. The molecule has 6 heteroatoms. The molecular formula is C10H8ClNO4. The summed E-state index contributed by atoms with van der Waals surface area (Å²) >= 11 is 5.77. The van der Waals surface area contributed by atoms with Crippen molar-refractivity contribution in [1.82, 2.24) is 0 Å². The molecule has 0 amide bonds. The Labute approximate surface area is 96.2 Å². The third-order valence-corrected chi connectivity index (χ3v) is 2.58. The summed E-state index contributed by atoms with van der Waals surface area (Å²) in [7, 11) is 0. The molecule has 0 saturated heterocycles. The van der Waals surface area contributed by atoms with Crippen LogP contribution in [0.1, 0.15) is 28.2 Å². The van der Waals surface area contributed by atoms with Gasteiger partial charge in [-0.3, -0.25) is 19.7 Å². The standard InChI is InChI=1S/C10H8ClNO4/c1-6(14)10(11)9-4-8(12(15)16)3-2-7(9)5-13/h2-5,10H,1H3. The summed E-state index contributed by atoms with van der Waals surface area (Å²) < 4.78 is 0. The normalized spacial score (nSPS) is 11.9. The molecule has 1 unspecified atom stereocenters. The lowest BCUT2D eigenvalue weighted by Gasteiger charge is -2.08. The Morgan fingerprint density at radius 1 is 1.56 bits per heavy atom. The fraction of sp³-hybridized carbons (Fsp3) is 0.200. The van der Waals surface area contributed by atoms with Crippen LogP contribution in [0, 0.1) is 10.1 Å². The molecule has 1 aromatic carbocycles. The summed E-state index contributed by atoms with van der Waals surface area (Å²) in [6, 6.07) is 3.61. The van der Waals surface area contributed by atoms with E-state index in [0.29, 0.717) is 6.29 Å². The first-order chi connectivity index (χ1) is 7.47. The van der Waals surface area contributed by atoms with Crippen LogP contribution in [0.4, 0.5) is 5.69 Å². The molecule has 0 aliphatic heterocycles. The highest BCUT2D eigenvalue weighted by Gasteiger charge is 2.20. The number of ketones is 1. The van der Waals surface area contributed by atoms with Gasteiger partial charge in [0.15, 0.2) is 5.78 Å². The number of nitro groups is 1. The number of carbonyl (C=O) groups excluding carboxylic acids is 2. The average molecular weight is 242 g/mol. The van der Waals surface area contributed by atoms with E-state index in [0.717, 1.165) is 6.07 Å². The van der Waals surface area contributed by atoms with Crippen molar-refractivity contribution < 1.29 is 14.5 Å². The molecule has 1 atom stereocenters. The van der Waals surface area contributed by atoms with E-state index in [-0.39, 0.29) is 22.6 Å². The lowest BCUT2D eigenvalue weighted by molar-refractivity contribution is -0.384. The number of hydrogen-bond donors (Lipinski definition) is 0. The van der Waals surface area contributed by atoms with E-state index in [4.69, 9.17) is 11.6 Å². The fourth-order valence-electron chi connectivity index (χ4n) is 1.22. The predicted molar refractivity (Wildman–Crippen MR) is 57.8 cm³/mol. The van der Waals surface area contributed by atoms with Gasteiger partial charge in [0, 0.05) is 17.7 Å². The number of nitro benzene ring substituents is 1. The molecule has 0 bridgehead atoms. The first-order valence-electron chi connectivity index (χ1n) is 4.35. The molecule has 1 rings (SSSR count). The second-order valence-electron chi connectivity index (χ2n) is 3.16. The highest BCUT2D eigenvalue weighted by molar-refractivity contribution is 6.31. The van der Waals surface area contributed by atoms with Crippen LogP contribution in [0.5, 0.6) is 0 Å². The molecule has 0 heterocycles. The third kappa shape index (κ3) is 2.43. The number of rotatable bonds is 4. The van der Waals surface area contributed by atoms with Gasteiger partial charge in [-0.05, 0) is 18.6 Å². The Morgan fingerprint density at radius 2 is 2.19 bits per heavy atom. The maximum Gasteiger partial charge on any atom is 0.269 e. The third-order valence-electron chi connectivity index (χ3n) is 2.04. The van der Waals surface area contributed by atoms with Crippen molar-refractivity contribution in [1.29, 1.82) is 0 Å². The largest absolute Gasteiger partial charge is 0.298 e. The Morgan fingerprint density at radius 3 is 2.62 bits per heavy atom. The molecule has 0 N–H and O–H groups in total. The molecule has 16 heavy (non-hydrogen) atoms. The number of halogens is 1. The lowest BCUT2D eigenvalue weighted by atomic mass is 10.0. The first-order valence-corrected chi connectivity index (χ1v) is 4.79. The van der Waals surface area contributed by atoms with Gasteiger partial charge in [0.2, 0.25) is 0 Å². The van der Waals surface area contributed by atoms with E-state index in [2.05, 4.69) is 0 Å². The predicted octanol–water partition coefficient (Wildman–Crippen LogP) is 2.28. The Balaban J connectivity index is 3.32. The molecule has 1 aromatic rings. The second kappa shape index (κ2) is 4.85. The highest BCUT2D eigenvalue weighted by Crippen LogP contribution is 2.27. The summed E-state index contributed by atoms with van der Waals surface area (Å²) in [5.74, 6) is -0.370. The van der Waals surface area contributed by atoms with E-state index in [1.807, 2.05) is 0 Å². The molecule has 0 aromatic heterocycles. The first kappa shape index (κ1) is 12.3. The van der Waals surface area contributed by atoms with Crippen LogP contribution in [-0.4, -0.2) is 17.0 Å². The van der Waals surface area contributed by atoms with Gasteiger partial charge < -0.3 is 0 Å². The molecule has 0 radical (unpaired) electrons. The summed E-state index contributed by atoms with van der Waals surface area (Å²) in [4.78, 5) is 31.7. The summed E-state index contributed by atoms with van der Waals surface area (Å²) in [6.45, 7) is 1.26. The minimum atomic E-state index is -1.04. The highest BCUT2D eigenvalue weighted by atomic mass is 35.5. The fourth-order valence-corrected chi connectivity index (χ4v) is 1.41. The van der Waals surface area contributed by atoms with Crippen molar-refractivity contribution in [3.63, 3.8) is 0 Å². The molecular weight excluding hydrogens is 234 g/mol. The monoisotopic (exact) mass is 241 g/mol. The van der Waals surface area contributed by atoms with Gasteiger partial charge in [-0.1, -0.05) is 0 Å². The van der Waals surface area contributed by atoms with Gasteiger partial charge >= 0.3 is 0 Å². The van der Waals surface area contributed by atoms with Gasteiger partial charge in [-0.25, -0.2) is 0 Å². The van der Waals surface area contributed by atoms with Crippen LogP contribution in [0.25, 0.3) is 0 Å². The lowest BCUT2D eigenvalue weighted by Crippen LogP contribution is -2.05. The molecule has 84 valence electrons. The van der Waals surface area contributed by atoms with Crippen molar-refractivity contribution in [3.8, 4) is 0 Å². The topological polar surface area (TPSA) is 77.3 Å². The van der Waals surface area contributed by atoms with Crippen LogP contribution in [0.3, 0.4) is 0 Å². The quantitative estimate of drug-likeness (QED) is 0.351. The van der Waals surface area contributed by atoms with E-state index < -0.39 is 10.3 Å².